The molecular weight excluding hydrogens is 493 g/mol. The molecule has 4 N–H and O–H groups in total. The van der Waals surface area contributed by atoms with Crippen molar-refractivity contribution in [2.45, 2.75) is 45.9 Å². The number of carbonyl (C=O) groups is 3. The molecule has 2 aromatic rings. The number of nitrogens with zero attached hydrogens (tertiary/aromatic N) is 2. The summed E-state index contributed by atoms with van der Waals surface area (Å²) in [6.45, 7) is 7.78. The molecule has 5 amide bonds. The second kappa shape index (κ2) is 12.6. The summed E-state index contributed by atoms with van der Waals surface area (Å²) < 4.78 is 19.4. The van der Waals surface area contributed by atoms with Gasteiger partial charge in [-0.1, -0.05) is 6.92 Å². The Hall–Kier alpha value is -3.86. The number of aliphatic hydroxyl groups is 1. The van der Waals surface area contributed by atoms with Crippen molar-refractivity contribution in [1.29, 1.82) is 0 Å². The van der Waals surface area contributed by atoms with Crippen LogP contribution in [0, 0.1) is 11.7 Å². The summed E-state index contributed by atoms with van der Waals surface area (Å²) in [5.74, 6) is -0.615. The molecule has 3 atom stereocenters. The molecule has 1 aliphatic rings. The topological polar surface area (TPSA) is 123 Å². The van der Waals surface area contributed by atoms with Crippen LogP contribution < -0.4 is 20.7 Å². The van der Waals surface area contributed by atoms with E-state index in [1.165, 1.54) is 30.3 Å². The van der Waals surface area contributed by atoms with Crippen LogP contribution >= 0.6 is 0 Å². The fourth-order valence-corrected chi connectivity index (χ4v) is 4.05. The zero-order chi connectivity index (χ0) is 28.0. The first-order valence-electron chi connectivity index (χ1n) is 12.6. The molecule has 1 heterocycles. The number of aliphatic hydroxyl groups excluding tert-OH is 1. The van der Waals surface area contributed by atoms with Crippen LogP contribution in [0.3, 0.4) is 0 Å². The van der Waals surface area contributed by atoms with Crippen LogP contribution in [0.1, 0.15) is 38.1 Å². The molecule has 0 saturated carbocycles. The van der Waals surface area contributed by atoms with Crippen molar-refractivity contribution in [2.75, 3.05) is 37.4 Å². The van der Waals surface area contributed by atoms with Gasteiger partial charge in [-0.3, -0.25) is 4.79 Å². The molecule has 2 aromatic carbocycles. The minimum atomic E-state index is -0.569. The monoisotopic (exact) mass is 529 g/mol. The molecule has 0 bridgehead atoms. The van der Waals surface area contributed by atoms with Crippen molar-refractivity contribution < 1.29 is 28.6 Å². The molecule has 10 nitrogen and oxygen atoms in total. The molecule has 3 rings (SSSR count). The molecule has 11 heteroatoms. The van der Waals surface area contributed by atoms with Crippen molar-refractivity contribution >= 4 is 29.3 Å². The number of rotatable bonds is 7. The molecule has 0 spiro atoms. The van der Waals surface area contributed by atoms with Gasteiger partial charge in [0.15, 0.2) is 0 Å². The molecule has 0 radical (unpaired) electrons. The summed E-state index contributed by atoms with van der Waals surface area (Å²) in [5.41, 5.74) is 0.964. The zero-order valence-corrected chi connectivity index (χ0v) is 22.3. The SMILES string of the molecule is CC(C)NC(=O)N(C)C[C@H]1Oc2ccc(NC(=O)Nc3ccc(F)cc3)cc2C(=O)N([C@@H](C)CO)C[C@H]1C. The molecule has 38 heavy (non-hydrogen) atoms. The summed E-state index contributed by atoms with van der Waals surface area (Å²) in [7, 11) is 1.68. The number of likely N-dealkylation sites (N-methyl/N-ethyl adjacent to an activating group) is 1. The van der Waals surface area contributed by atoms with Gasteiger partial charge in [0.2, 0.25) is 0 Å². The van der Waals surface area contributed by atoms with Crippen LogP contribution in [-0.2, 0) is 0 Å². The number of halogens is 1. The number of amides is 5. The highest BCUT2D eigenvalue weighted by molar-refractivity contribution is 6.02. The standard InChI is InChI=1S/C27H36FN5O5/c1-16(2)29-27(37)32(5)14-24-17(3)13-33(18(4)15-34)25(35)22-12-21(10-11-23(22)38-24)31-26(36)30-20-8-6-19(28)7-9-20/h6-12,16-18,24,34H,13-15H2,1-5H3,(H,29,37)(H2,30,31,36)/t17-,18+,24-/m1/s1. The number of carbonyl (C=O) groups excluding carboxylic acids is 3. The molecule has 206 valence electrons. The van der Waals surface area contributed by atoms with Crippen LogP contribution in [0.2, 0.25) is 0 Å². The van der Waals surface area contributed by atoms with Gasteiger partial charge >= 0.3 is 12.1 Å². The van der Waals surface area contributed by atoms with Gasteiger partial charge in [-0.15, -0.1) is 0 Å². The highest BCUT2D eigenvalue weighted by atomic mass is 19.1. The molecule has 0 saturated heterocycles. The Morgan fingerprint density at radius 1 is 1.13 bits per heavy atom. The number of urea groups is 2. The van der Waals surface area contributed by atoms with Crippen LogP contribution in [0.15, 0.2) is 42.5 Å². The van der Waals surface area contributed by atoms with E-state index >= 15 is 0 Å². The van der Waals surface area contributed by atoms with Gasteiger partial charge in [-0.25, -0.2) is 14.0 Å². The molecular formula is C27H36FN5O5. The first-order valence-corrected chi connectivity index (χ1v) is 12.6. The number of nitrogens with one attached hydrogen (secondary N) is 3. The third-order valence-corrected chi connectivity index (χ3v) is 6.24. The van der Waals surface area contributed by atoms with Gasteiger partial charge < -0.3 is 35.6 Å². The maximum Gasteiger partial charge on any atom is 0.323 e. The van der Waals surface area contributed by atoms with Crippen LogP contribution in [0.4, 0.5) is 25.4 Å². The first kappa shape index (κ1) is 28.7. The number of anilines is 2. The molecule has 0 unspecified atom stereocenters. The minimum absolute atomic E-state index is 0.0222. The largest absolute Gasteiger partial charge is 0.487 e. The second-order valence-corrected chi connectivity index (χ2v) is 9.90. The quantitative estimate of drug-likeness (QED) is 0.435. The average molecular weight is 530 g/mol. The lowest BCUT2D eigenvalue weighted by Crippen LogP contribution is -2.51. The lowest BCUT2D eigenvalue weighted by atomic mass is 9.99. The van der Waals surface area contributed by atoms with Gasteiger partial charge in [0, 0.05) is 36.9 Å². The van der Waals surface area contributed by atoms with Crippen LogP contribution in [0.5, 0.6) is 5.75 Å². The Morgan fingerprint density at radius 2 is 1.76 bits per heavy atom. The Bertz CT molecular complexity index is 1140. The molecule has 0 aromatic heterocycles. The predicted molar refractivity (Wildman–Crippen MR) is 143 cm³/mol. The van der Waals surface area contributed by atoms with Gasteiger partial charge in [-0.05, 0) is 63.2 Å². The molecule has 0 fully saturated rings. The van der Waals surface area contributed by atoms with E-state index in [4.69, 9.17) is 4.74 Å². The van der Waals surface area contributed by atoms with E-state index in [0.29, 0.717) is 23.7 Å². The number of hydrogen-bond donors (Lipinski definition) is 4. The Balaban J connectivity index is 1.86. The van der Waals surface area contributed by atoms with E-state index in [1.54, 1.807) is 35.9 Å². The summed E-state index contributed by atoms with van der Waals surface area (Å²) in [4.78, 5) is 41.7. The maximum atomic E-state index is 13.6. The van der Waals surface area contributed by atoms with E-state index in [2.05, 4.69) is 16.0 Å². The lowest BCUT2D eigenvalue weighted by Gasteiger charge is -2.38. The van der Waals surface area contributed by atoms with Gasteiger partial charge in [0.05, 0.1) is 24.8 Å². The Morgan fingerprint density at radius 3 is 2.39 bits per heavy atom. The van der Waals surface area contributed by atoms with Gasteiger partial charge in [0.25, 0.3) is 5.91 Å². The van der Waals surface area contributed by atoms with Crippen molar-refractivity contribution in [3.05, 3.63) is 53.8 Å². The van der Waals surface area contributed by atoms with Gasteiger partial charge in [0.1, 0.15) is 17.7 Å². The third-order valence-electron chi connectivity index (χ3n) is 6.24. The van der Waals surface area contributed by atoms with Crippen molar-refractivity contribution in [3.8, 4) is 5.75 Å². The number of fused-ring (bicyclic) bond motifs is 1. The van der Waals surface area contributed by atoms with Crippen molar-refractivity contribution in [3.63, 3.8) is 0 Å². The summed E-state index contributed by atoms with van der Waals surface area (Å²) in [6, 6.07) is 8.76. The van der Waals surface area contributed by atoms with Crippen LogP contribution in [0.25, 0.3) is 0 Å². The summed E-state index contributed by atoms with van der Waals surface area (Å²) in [6.07, 6.45) is -0.446. The number of benzene rings is 2. The van der Waals surface area contributed by atoms with Crippen LogP contribution in [-0.4, -0.2) is 77.8 Å². The van der Waals surface area contributed by atoms with E-state index in [1.807, 2.05) is 20.8 Å². The van der Waals surface area contributed by atoms with E-state index in [9.17, 15) is 23.9 Å². The van der Waals surface area contributed by atoms with E-state index in [0.717, 1.165) is 0 Å². The lowest BCUT2D eigenvalue weighted by molar-refractivity contribution is 0.0366. The normalized spacial score (nSPS) is 18.0. The third kappa shape index (κ3) is 7.34. The van der Waals surface area contributed by atoms with E-state index in [-0.39, 0.29) is 42.6 Å². The highest BCUT2D eigenvalue weighted by Gasteiger charge is 2.34. The smallest absolute Gasteiger partial charge is 0.323 e. The minimum Gasteiger partial charge on any atom is -0.487 e. The van der Waals surface area contributed by atoms with Gasteiger partial charge in [-0.2, -0.15) is 0 Å². The van der Waals surface area contributed by atoms with E-state index < -0.39 is 24.0 Å². The Labute approximate surface area is 222 Å². The fraction of sp³-hybridized carbons (Fsp3) is 0.444. The average Bonchev–Trinajstić information content (AvgIpc) is 2.86. The predicted octanol–water partition coefficient (Wildman–Crippen LogP) is 3.74. The second-order valence-electron chi connectivity index (χ2n) is 9.90. The Kier molecular flexibility index (Phi) is 9.51. The maximum absolute atomic E-state index is 13.6. The summed E-state index contributed by atoms with van der Waals surface area (Å²) in [5, 5.41) is 18.0. The number of ether oxygens (including phenoxy) is 1. The fourth-order valence-electron chi connectivity index (χ4n) is 4.05. The zero-order valence-electron chi connectivity index (χ0n) is 22.3. The van der Waals surface area contributed by atoms with Crippen molar-refractivity contribution in [2.24, 2.45) is 5.92 Å². The highest BCUT2D eigenvalue weighted by Crippen LogP contribution is 2.30. The first-order chi connectivity index (χ1) is 18.0. The molecule has 0 aliphatic carbocycles. The van der Waals surface area contributed by atoms with Crippen molar-refractivity contribution in [1.82, 2.24) is 15.1 Å². The summed E-state index contributed by atoms with van der Waals surface area (Å²) >= 11 is 0. The molecule has 1 aliphatic heterocycles. The number of hydrogen-bond acceptors (Lipinski definition) is 5.